The maximum atomic E-state index is 10.4. The van der Waals surface area contributed by atoms with Crippen LogP contribution in [0.5, 0.6) is 0 Å². The SMILES string of the molecule is CCCCCCCCC(O)CCC(O)CCCCCCCCCCCC(=O)O. The van der Waals surface area contributed by atoms with Crippen molar-refractivity contribution in [2.24, 2.45) is 0 Å². The van der Waals surface area contributed by atoms with Gasteiger partial charge in [-0.05, 0) is 32.1 Å². The van der Waals surface area contributed by atoms with Gasteiger partial charge in [-0.15, -0.1) is 0 Å². The van der Waals surface area contributed by atoms with Crippen LogP contribution in [0, 0.1) is 0 Å². The van der Waals surface area contributed by atoms with Gasteiger partial charge in [-0.2, -0.15) is 0 Å². The molecule has 2 atom stereocenters. The Balaban J connectivity index is 3.30. The minimum Gasteiger partial charge on any atom is -0.481 e. The van der Waals surface area contributed by atoms with E-state index >= 15 is 0 Å². The van der Waals surface area contributed by atoms with E-state index in [1.807, 2.05) is 0 Å². The molecule has 4 heteroatoms. The van der Waals surface area contributed by atoms with Crippen molar-refractivity contribution in [2.45, 2.75) is 148 Å². The molecule has 3 N–H and O–H groups in total. The van der Waals surface area contributed by atoms with Gasteiger partial charge in [0, 0.05) is 6.42 Å². The molecule has 0 aromatic heterocycles. The Kier molecular flexibility index (Phi) is 20.6. The number of carbonyl (C=O) groups is 1. The zero-order chi connectivity index (χ0) is 20.9. The average molecular weight is 401 g/mol. The molecule has 168 valence electrons. The predicted octanol–water partition coefficient (Wildman–Crippen LogP) is 6.61. The monoisotopic (exact) mass is 400 g/mol. The summed E-state index contributed by atoms with van der Waals surface area (Å²) < 4.78 is 0. The number of unbranched alkanes of at least 4 members (excludes halogenated alkanes) is 13. The Hall–Kier alpha value is -0.610. The van der Waals surface area contributed by atoms with Crippen molar-refractivity contribution in [1.82, 2.24) is 0 Å². The van der Waals surface area contributed by atoms with Crippen LogP contribution in [0.15, 0.2) is 0 Å². The van der Waals surface area contributed by atoms with Gasteiger partial charge in [0.15, 0.2) is 0 Å². The summed E-state index contributed by atoms with van der Waals surface area (Å²) >= 11 is 0. The van der Waals surface area contributed by atoms with Crippen LogP contribution in [-0.4, -0.2) is 33.5 Å². The lowest BCUT2D eigenvalue weighted by molar-refractivity contribution is -0.137. The maximum Gasteiger partial charge on any atom is 0.303 e. The van der Waals surface area contributed by atoms with Crippen LogP contribution in [-0.2, 0) is 4.79 Å². The first-order valence-electron chi connectivity index (χ1n) is 12.1. The number of hydrogen-bond donors (Lipinski definition) is 3. The van der Waals surface area contributed by atoms with Crippen molar-refractivity contribution in [3.8, 4) is 0 Å². The Morgan fingerprint density at radius 3 is 1.32 bits per heavy atom. The highest BCUT2D eigenvalue weighted by Crippen LogP contribution is 2.16. The van der Waals surface area contributed by atoms with Crippen molar-refractivity contribution >= 4 is 5.97 Å². The third-order valence-electron chi connectivity index (χ3n) is 5.65. The van der Waals surface area contributed by atoms with Gasteiger partial charge < -0.3 is 15.3 Å². The molecule has 0 spiro atoms. The number of hydrogen-bond acceptors (Lipinski definition) is 3. The summed E-state index contributed by atoms with van der Waals surface area (Å²) in [5.74, 6) is -0.686. The normalized spacial score (nSPS) is 13.5. The third-order valence-corrected chi connectivity index (χ3v) is 5.65. The van der Waals surface area contributed by atoms with Crippen LogP contribution in [0.25, 0.3) is 0 Å². The van der Waals surface area contributed by atoms with Crippen molar-refractivity contribution in [3.63, 3.8) is 0 Å². The molecule has 28 heavy (non-hydrogen) atoms. The second kappa shape index (κ2) is 21.1. The van der Waals surface area contributed by atoms with E-state index in [9.17, 15) is 15.0 Å². The van der Waals surface area contributed by atoms with Crippen LogP contribution in [0.3, 0.4) is 0 Å². The summed E-state index contributed by atoms with van der Waals surface area (Å²) in [6.45, 7) is 2.23. The number of aliphatic hydroxyl groups excluding tert-OH is 2. The molecular weight excluding hydrogens is 352 g/mol. The fraction of sp³-hybridized carbons (Fsp3) is 0.958. The van der Waals surface area contributed by atoms with Gasteiger partial charge in [0.2, 0.25) is 0 Å². The zero-order valence-corrected chi connectivity index (χ0v) is 18.5. The van der Waals surface area contributed by atoms with E-state index in [0.29, 0.717) is 6.42 Å². The second-order valence-corrected chi connectivity index (χ2v) is 8.56. The number of rotatable bonds is 22. The first kappa shape index (κ1) is 27.4. The van der Waals surface area contributed by atoms with Crippen molar-refractivity contribution in [1.29, 1.82) is 0 Å². The number of carboxylic acid groups (broad SMARTS) is 1. The largest absolute Gasteiger partial charge is 0.481 e. The molecule has 0 aliphatic carbocycles. The minimum absolute atomic E-state index is 0.240. The van der Waals surface area contributed by atoms with Crippen molar-refractivity contribution in [3.05, 3.63) is 0 Å². The molecule has 0 aliphatic heterocycles. The molecule has 0 aromatic rings. The fourth-order valence-corrected chi connectivity index (χ4v) is 3.73. The van der Waals surface area contributed by atoms with Crippen molar-refractivity contribution in [2.75, 3.05) is 0 Å². The standard InChI is InChI=1S/C24H48O4/c1-2-3-4-5-11-14-17-22(25)20-21-23(26)18-15-12-9-7-6-8-10-13-16-19-24(27)28/h22-23,25-26H,2-21H2,1H3,(H,27,28). The first-order chi connectivity index (χ1) is 13.6. The third kappa shape index (κ3) is 21.7. The topological polar surface area (TPSA) is 77.8 Å². The lowest BCUT2D eigenvalue weighted by atomic mass is 10.00. The van der Waals surface area contributed by atoms with E-state index in [2.05, 4.69) is 6.92 Å². The van der Waals surface area contributed by atoms with E-state index < -0.39 is 5.97 Å². The number of carboxylic acids is 1. The summed E-state index contributed by atoms with van der Waals surface area (Å²) in [5.41, 5.74) is 0. The summed E-state index contributed by atoms with van der Waals surface area (Å²) in [6, 6.07) is 0. The Morgan fingerprint density at radius 2 is 0.929 bits per heavy atom. The lowest BCUT2D eigenvalue weighted by Gasteiger charge is -2.14. The molecule has 0 saturated carbocycles. The van der Waals surface area contributed by atoms with Crippen molar-refractivity contribution < 1.29 is 20.1 Å². The van der Waals surface area contributed by atoms with Gasteiger partial charge in [-0.1, -0.05) is 96.8 Å². The molecule has 4 nitrogen and oxygen atoms in total. The van der Waals surface area contributed by atoms with E-state index in [1.54, 1.807) is 0 Å². The highest BCUT2D eigenvalue weighted by molar-refractivity contribution is 5.66. The van der Waals surface area contributed by atoms with E-state index in [0.717, 1.165) is 57.8 Å². The Bertz CT molecular complexity index is 333. The molecule has 0 rings (SSSR count). The van der Waals surface area contributed by atoms with Crippen LogP contribution in [0.1, 0.15) is 135 Å². The molecule has 0 fully saturated rings. The van der Waals surface area contributed by atoms with E-state index in [-0.39, 0.29) is 12.2 Å². The molecule has 0 aromatic carbocycles. The lowest BCUT2D eigenvalue weighted by Crippen LogP contribution is -2.13. The van der Waals surface area contributed by atoms with Gasteiger partial charge in [0.05, 0.1) is 12.2 Å². The highest BCUT2D eigenvalue weighted by atomic mass is 16.4. The highest BCUT2D eigenvalue weighted by Gasteiger charge is 2.09. The van der Waals surface area contributed by atoms with Gasteiger partial charge in [0.1, 0.15) is 0 Å². The molecular formula is C24H48O4. The first-order valence-corrected chi connectivity index (χ1v) is 12.1. The molecule has 2 unspecified atom stereocenters. The molecule has 0 aliphatic rings. The number of aliphatic hydroxyl groups is 2. The molecule has 0 amide bonds. The predicted molar refractivity (Wildman–Crippen MR) is 118 cm³/mol. The van der Waals surface area contributed by atoms with Gasteiger partial charge in [-0.3, -0.25) is 4.79 Å². The van der Waals surface area contributed by atoms with Crippen LogP contribution < -0.4 is 0 Å². The maximum absolute atomic E-state index is 10.4. The summed E-state index contributed by atoms with van der Waals surface area (Å²) in [5, 5.41) is 28.7. The fourth-order valence-electron chi connectivity index (χ4n) is 3.73. The van der Waals surface area contributed by atoms with Crippen LogP contribution in [0.2, 0.25) is 0 Å². The second-order valence-electron chi connectivity index (χ2n) is 8.56. The van der Waals surface area contributed by atoms with Gasteiger partial charge in [-0.25, -0.2) is 0 Å². The minimum atomic E-state index is -0.686. The van der Waals surface area contributed by atoms with Crippen LogP contribution in [0.4, 0.5) is 0 Å². The molecule has 0 saturated heterocycles. The van der Waals surface area contributed by atoms with Crippen LogP contribution >= 0.6 is 0 Å². The average Bonchev–Trinajstić information content (AvgIpc) is 2.67. The Morgan fingerprint density at radius 1 is 0.571 bits per heavy atom. The van der Waals surface area contributed by atoms with E-state index in [4.69, 9.17) is 5.11 Å². The van der Waals surface area contributed by atoms with E-state index in [1.165, 1.54) is 64.2 Å². The molecule has 0 bridgehead atoms. The molecule has 0 heterocycles. The van der Waals surface area contributed by atoms with Gasteiger partial charge >= 0.3 is 5.97 Å². The summed E-state index contributed by atoms with van der Waals surface area (Å²) in [7, 11) is 0. The zero-order valence-electron chi connectivity index (χ0n) is 18.5. The summed E-state index contributed by atoms with van der Waals surface area (Å²) in [4.78, 5) is 10.4. The quantitative estimate of drug-likeness (QED) is 0.179. The smallest absolute Gasteiger partial charge is 0.303 e. The van der Waals surface area contributed by atoms with Gasteiger partial charge in [0.25, 0.3) is 0 Å². The Labute approximate surface area is 174 Å². The summed E-state index contributed by atoms with van der Waals surface area (Å²) in [6.07, 6.45) is 20.7. The molecule has 0 radical (unpaired) electrons. The number of aliphatic carboxylic acids is 1.